The van der Waals surface area contributed by atoms with Gasteiger partial charge < -0.3 is 5.73 Å². The van der Waals surface area contributed by atoms with Crippen molar-refractivity contribution in [2.24, 2.45) is 11.1 Å². The number of hydrogen-bond donors (Lipinski definition) is 1. The Labute approximate surface area is 122 Å². The summed E-state index contributed by atoms with van der Waals surface area (Å²) in [4.78, 5) is 29.8. The second kappa shape index (κ2) is 5.09. The molecule has 1 aromatic heterocycles. The summed E-state index contributed by atoms with van der Waals surface area (Å²) in [5.41, 5.74) is 5.27. The van der Waals surface area contributed by atoms with Crippen LogP contribution in [0.15, 0.2) is 18.5 Å². The van der Waals surface area contributed by atoms with Gasteiger partial charge >= 0.3 is 0 Å². The maximum atomic E-state index is 13.4. The molecule has 1 saturated carbocycles. The fourth-order valence-corrected chi connectivity index (χ4v) is 3.65. The van der Waals surface area contributed by atoms with Gasteiger partial charge in [0.2, 0.25) is 11.8 Å². The molecule has 2 N–H and O–H groups in total. The molecule has 0 bridgehead atoms. The van der Waals surface area contributed by atoms with Gasteiger partial charge in [-0.3, -0.25) is 19.5 Å². The molecule has 1 aliphatic carbocycles. The van der Waals surface area contributed by atoms with Crippen LogP contribution in [0, 0.1) is 11.2 Å². The lowest BCUT2D eigenvalue weighted by Gasteiger charge is -2.31. The van der Waals surface area contributed by atoms with Crippen LogP contribution in [-0.4, -0.2) is 22.8 Å². The molecule has 0 radical (unpaired) electrons. The SMILES string of the molecule is NC(=O)C1CC2(CCCCC2)C(=O)N1c1cncc(F)c1. The van der Waals surface area contributed by atoms with E-state index < -0.39 is 23.2 Å². The van der Waals surface area contributed by atoms with E-state index in [9.17, 15) is 14.0 Å². The van der Waals surface area contributed by atoms with E-state index in [4.69, 9.17) is 5.73 Å². The van der Waals surface area contributed by atoms with Gasteiger partial charge in [-0.15, -0.1) is 0 Å². The lowest BCUT2D eigenvalue weighted by Crippen LogP contribution is -2.43. The summed E-state index contributed by atoms with van der Waals surface area (Å²) in [6.45, 7) is 0. The van der Waals surface area contributed by atoms with Crippen LogP contribution in [0.3, 0.4) is 0 Å². The van der Waals surface area contributed by atoms with E-state index in [1.54, 1.807) is 0 Å². The standard InChI is InChI=1S/C15H18FN3O2/c16-10-6-11(9-18-8-10)19-12(13(17)20)7-15(14(19)21)4-2-1-3-5-15/h6,8-9,12H,1-5,7H2,(H2,17,20). The van der Waals surface area contributed by atoms with Crippen LogP contribution in [-0.2, 0) is 9.59 Å². The zero-order valence-corrected chi connectivity index (χ0v) is 11.7. The summed E-state index contributed by atoms with van der Waals surface area (Å²) in [6.07, 6.45) is 7.51. The highest BCUT2D eigenvalue weighted by Gasteiger charge is 2.53. The number of amides is 2. The van der Waals surface area contributed by atoms with Crippen LogP contribution in [0.5, 0.6) is 0 Å². The Bertz CT molecular complexity index is 584. The van der Waals surface area contributed by atoms with Crippen LogP contribution < -0.4 is 10.6 Å². The van der Waals surface area contributed by atoms with Crippen molar-refractivity contribution in [1.29, 1.82) is 0 Å². The first-order chi connectivity index (χ1) is 10.0. The van der Waals surface area contributed by atoms with Gasteiger partial charge in [0.15, 0.2) is 0 Å². The third kappa shape index (κ3) is 2.28. The third-order valence-electron chi connectivity index (χ3n) is 4.68. The molecule has 0 aromatic carbocycles. The molecule has 2 aliphatic rings. The van der Waals surface area contributed by atoms with Crippen molar-refractivity contribution in [3.8, 4) is 0 Å². The second-order valence-corrected chi connectivity index (χ2v) is 6.00. The Morgan fingerprint density at radius 1 is 1.33 bits per heavy atom. The number of carbonyl (C=O) groups excluding carboxylic acids is 2. The van der Waals surface area contributed by atoms with E-state index in [0.717, 1.165) is 38.3 Å². The number of nitrogens with two attached hydrogens (primary N) is 1. The zero-order chi connectivity index (χ0) is 15.0. The lowest BCUT2D eigenvalue weighted by atomic mass is 9.72. The Kier molecular flexibility index (Phi) is 3.39. The maximum Gasteiger partial charge on any atom is 0.240 e. The fraction of sp³-hybridized carbons (Fsp3) is 0.533. The second-order valence-electron chi connectivity index (χ2n) is 6.00. The minimum Gasteiger partial charge on any atom is -0.368 e. The summed E-state index contributed by atoms with van der Waals surface area (Å²) in [5, 5.41) is 0. The molecule has 1 aliphatic heterocycles. The van der Waals surface area contributed by atoms with Crippen molar-refractivity contribution >= 4 is 17.5 Å². The van der Waals surface area contributed by atoms with E-state index in [2.05, 4.69) is 4.98 Å². The van der Waals surface area contributed by atoms with Crippen molar-refractivity contribution in [3.63, 3.8) is 0 Å². The van der Waals surface area contributed by atoms with Crippen LogP contribution in [0.25, 0.3) is 0 Å². The summed E-state index contributed by atoms with van der Waals surface area (Å²) in [7, 11) is 0. The molecule has 6 heteroatoms. The van der Waals surface area contributed by atoms with Crippen molar-refractivity contribution in [2.75, 3.05) is 4.90 Å². The van der Waals surface area contributed by atoms with Gasteiger partial charge in [-0.1, -0.05) is 19.3 Å². The molecule has 2 fully saturated rings. The summed E-state index contributed by atoms with van der Waals surface area (Å²) in [6, 6.07) is 0.516. The molecular weight excluding hydrogens is 273 g/mol. The van der Waals surface area contributed by atoms with Crippen LogP contribution in [0.4, 0.5) is 10.1 Å². The average Bonchev–Trinajstić information content (AvgIpc) is 2.74. The summed E-state index contributed by atoms with van der Waals surface area (Å²) >= 11 is 0. The van der Waals surface area contributed by atoms with Gasteiger partial charge in [0.05, 0.1) is 23.5 Å². The van der Waals surface area contributed by atoms with Gasteiger partial charge in [0.1, 0.15) is 11.9 Å². The fourth-order valence-electron chi connectivity index (χ4n) is 3.65. The molecule has 1 unspecified atom stereocenters. The lowest BCUT2D eigenvalue weighted by molar-refractivity contribution is -0.127. The van der Waals surface area contributed by atoms with Crippen molar-refractivity contribution in [3.05, 3.63) is 24.3 Å². The Morgan fingerprint density at radius 3 is 2.67 bits per heavy atom. The van der Waals surface area contributed by atoms with Crippen LogP contribution in [0.2, 0.25) is 0 Å². The van der Waals surface area contributed by atoms with E-state index in [-0.39, 0.29) is 5.91 Å². The van der Waals surface area contributed by atoms with E-state index in [0.29, 0.717) is 12.1 Å². The first-order valence-electron chi connectivity index (χ1n) is 7.27. The minimum absolute atomic E-state index is 0.113. The molecule has 1 saturated heterocycles. The molecule has 3 rings (SSSR count). The number of nitrogens with zero attached hydrogens (tertiary/aromatic N) is 2. The van der Waals surface area contributed by atoms with E-state index in [1.807, 2.05) is 0 Å². The number of hydrogen-bond acceptors (Lipinski definition) is 3. The number of rotatable bonds is 2. The number of aromatic nitrogens is 1. The first-order valence-corrected chi connectivity index (χ1v) is 7.27. The number of carbonyl (C=O) groups is 2. The van der Waals surface area contributed by atoms with Crippen molar-refractivity contribution < 1.29 is 14.0 Å². The zero-order valence-electron chi connectivity index (χ0n) is 11.7. The largest absolute Gasteiger partial charge is 0.368 e. The van der Waals surface area contributed by atoms with Gasteiger partial charge in [0, 0.05) is 6.07 Å². The minimum atomic E-state index is -0.709. The number of primary amides is 1. The predicted molar refractivity (Wildman–Crippen MR) is 74.8 cm³/mol. The van der Waals surface area contributed by atoms with Crippen molar-refractivity contribution in [2.45, 2.75) is 44.6 Å². The monoisotopic (exact) mass is 291 g/mol. The number of anilines is 1. The van der Waals surface area contributed by atoms with Crippen LogP contribution in [0.1, 0.15) is 38.5 Å². The topological polar surface area (TPSA) is 76.3 Å². The van der Waals surface area contributed by atoms with Gasteiger partial charge in [-0.25, -0.2) is 4.39 Å². The van der Waals surface area contributed by atoms with E-state index in [1.165, 1.54) is 17.2 Å². The third-order valence-corrected chi connectivity index (χ3v) is 4.68. The molecule has 2 amide bonds. The highest BCUT2D eigenvalue weighted by molar-refractivity contribution is 6.06. The summed E-state index contributed by atoms with van der Waals surface area (Å²) < 4.78 is 13.4. The molecule has 5 nitrogen and oxygen atoms in total. The molecule has 1 aromatic rings. The van der Waals surface area contributed by atoms with Gasteiger partial charge in [0.25, 0.3) is 0 Å². The Hall–Kier alpha value is -1.98. The maximum absolute atomic E-state index is 13.4. The van der Waals surface area contributed by atoms with E-state index >= 15 is 0 Å². The normalized spacial score (nSPS) is 24.5. The predicted octanol–water partition coefficient (Wildman–Crippen LogP) is 1.76. The molecule has 2 heterocycles. The Morgan fingerprint density at radius 2 is 2.05 bits per heavy atom. The first kappa shape index (κ1) is 14.0. The quantitative estimate of drug-likeness (QED) is 0.902. The number of halogens is 1. The Balaban J connectivity index is 2.00. The highest BCUT2D eigenvalue weighted by Crippen LogP contribution is 2.48. The van der Waals surface area contributed by atoms with Gasteiger partial charge in [-0.05, 0) is 19.3 Å². The molecule has 112 valence electrons. The summed E-state index contributed by atoms with van der Waals surface area (Å²) in [5.74, 6) is -1.19. The highest BCUT2D eigenvalue weighted by atomic mass is 19.1. The molecular formula is C15H18FN3O2. The smallest absolute Gasteiger partial charge is 0.240 e. The number of pyridine rings is 1. The van der Waals surface area contributed by atoms with Crippen molar-refractivity contribution in [1.82, 2.24) is 4.98 Å². The van der Waals surface area contributed by atoms with Gasteiger partial charge in [-0.2, -0.15) is 0 Å². The molecule has 21 heavy (non-hydrogen) atoms. The average molecular weight is 291 g/mol. The van der Waals surface area contributed by atoms with Crippen LogP contribution >= 0.6 is 0 Å². The molecule has 1 atom stereocenters. The molecule has 1 spiro atoms.